The zero-order chi connectivity index (χ0) is 21.3. The molecule has 0 fully saturated rings. The third kappa shape index (κ3) is 3.67. The van der Waals surface area contributed by atoms with Crippen molar-refractivity contribution in [2.45, 2.75) is 6.92 Å². The number of ether oxygens (including phenoxy) is 1. The monoisotopic (exact) mass is 418 g/mol. The molecule has 0 unspecified atom stereocenters. The minimum absolute atomic E-state index is 0.226. The van der Waals surface area contributed by atoms with Gasteiger partial charge in [-0.05, 0) is 61.0 Å². The number of nitrogens with one attached hydrogen (secondary N) is 1. The van der Waals surface area contributed by atoms with E-state index in [4.69, 9.17) is 16.3 Å². The van der Waals surface area contributed by atoms with Crippen molar-refractivity contribution >= 4 is 40.4 Å². The number of benzene rings is 3. The van der Waals surface area contributed by atoms with Gasteiger partial charge in [-0.25, -0.2) is 4.90 Å². The molecule has 4 rings (SSSR count). The van der Waals surface area contributed by atoms with Crippen LogP contribution in [0.25, 0.3) is 5.57 Å². The summed E-state index contributed by atoms with van der Waals surface area (Å²) in [6.45, 7) is 1.98. The predicted molar refractivity (Wildman–Crippen MR) is 119 cm³/mol. The molecule has 2 amide bonds. The molecular weight excluding hydrogens is 400 g/mol. The van der Waals surface area contributed by atoms with Crippen molar-refractivity contribution in [1.29, 1.82) is 0 Å². The second-order valence-electron chi connectivity index (χ2n) is 6.89. The molecule has 0 radical (unpaired) electrons. The SMILES string of the molecule is COc1ccc(C2=C(Nc3ccc(C)cc3)C(=O)N(c3ccc(Cl)cc3)C2=O)cc1. The Balaban J connectivity index is 1.80. The molecule has 1 aliphatic heterocycles. The Labute approximate surface area is 179 Å². The van der Waals surface area contributed by atoms with E-state index >= 15 is 0 Å². The van der Waals surface area contributed by atoms with Crippen molar-refractivity contribution in [2.75, 3.05) is 17.3 Å². The third-order valence-corrected chi connectivity index (χ3v) is 5.12. The molecule has 1 heterocycles. The zero-order valence-corrected chi connectivity index (χ0v) is 17.2. The van der Waals surface area contributed by atoms with E-state index in [-0.39, 0.29) is 5.70 Å². The average molecular weight is 419 g/mol. The van der Waals surface area contributed by atoms with Gasteiger partial charge in [0.1, 0.15) is 11.4 Å². The molecule has 3 aromatic carbocycles. The molecule has 0 spiro atoms. The summed E-state index contributed by atoms with van der Waals surface area (Å²) in [6, 6.07) is 21.3. The number of anilines is 2. The van der Waals surface area contributed by atoms with Crippen LogP contribution in [0.4, 0.5) is 11.4 Å². The van der Waals surface area contributed by atoms with Gasteiger partial charge in [-0.3, -0.25) is 9.59 Å². The lowest BCUT2D eigenvalue weighted by atomic mass is 10.0. The highest BCUT2D eigenvalue weighted by atomic mass is 35.5. The second-order valence-corrected chi connectivity index (χ2v) is 7.33. The third-order valence-electron chi connectivity index (χ3n) is 4.87. The Hall–Kier alpha value is -3.57. The zero-order valence-electron chi connectivity index (χ0n) is 16.5. The summed E-state index contributed by atoms with van der Waals surface area (Å²) >= 11 is 5.97. The van der Waals surface area contributed by atoms with E-state index in [1.54, 1.807) is 55.6 Å². The highest BCUT2D eigenvalue weighted by Crippen LogP contribution is 2.34. The summed E-state index contributed by atoms with van der Waals surface area (Å²) in [5.74, 6) is -0.158. The number of hydrogen-bond acceptors (Lipinski definition) is 4. The molecule has 3 aromatic rings. The first-order valence-corrected chi connectivity index (χ1v) is 9.72. The largest absolute Gasteiger partial charge is 0.497 e. The second kappa shape index (κ2) is 8.05. The molecule has 1 N–H and O–H groups in total. The van der Waals surface area contributed by atoms with Gasteiger partial charge in [-0.15, -0.1) is 0 Å². The van der Waals surface area contributed by atoms with Gasteiger partial charge in [0.2, 0.25) is 0 Å². The molecule has 0 saturated carbocycles. The minimum atomic E-state index is -0.422. The fraction of sp³-hybridized carbons (Fsp3) is 0.0833. The summed E-state index contributed by atoms with van der Waals surface area (Å²) in [7, 11) is 1.57. The summed E-state index contributed by atoms with van der Waals surface area (Å²) in [4.78, 5) is 27.8. The minimum Gasteiger partial charge on any atom is -0.497 e. The summed E-state index contributed by atoms with van der Waals surface area (Å²) in [5, 5.41) is 3.67. The molecule has 0 aliphatic carbocycles. The Kier molecular flexibility index (Phi) is 5.29. The van der Waals surface area contributed by atoms with Crippen LogP contribution in [0, 0.1) is 6.92 Å². The predicted octanol–water partition coefficient (Wildman–Crippen LogP) is 5.05. The van der Waals surface area contributed by atoms with Crippen molar-refractivity contribution in [3.63, 3.8) is 0 Å². The maximum atomic E-state index is 13.4. The number of carbonyl (C=O) groups is 2. The van der Waals surface area contributed by atoms with Gasteiger partial charge in [0, 0.05) is 10.7 Å². The van der Waals surface area contributed by atoms with Crippen LogP contribution in [0.2, 0.25) is 5.02 Å². The van der Waals surface area contributed by atoms with Gasteiger partial charge in [0.15, 0.2) is 0 Å². The van der Waals surface area contributed by atoms with Gasteiger partial charge in [0.05, 0.1) is 18.4 Å². The number of imide groups is 1. The summed E-state index contributed by atoms with van der Waals surface area (Å²) < 4.78 is 5.21. The van der Waals surface area contributed by atoms with E-state index in [0.717, 1.165) is 16.2 Å². The number of halogens is 1. The number of amides is 2. The van der Waals surface area contributed by atoms with E-state index in [1.807, 2.05) is 31.2 Å². The number of rotatable bonds is 5. The van der Waals surface area contributed by atoms with Crippen LogP contribution >= 0.6 is 11.6 Å². The lowest BCUT2D eigenvalue weighted by Crippen LogP contribution is -2.32. The van der Waals surface area contributed by atoms with Gasteiger partial charge >= 0.3 is 0 Å². The van der Waals surface area contributed by atoms with Crippen LogP contribution in [0.3, 0.4) is 0 Å². The van der Waals surface area contributed by atoms with Crippen LogP contribution in [0.5, 0.6) is 5.75 Å². The smallest absolute Gasteiger partial charge is 0.282 e. The van der Waals surface area contributed by atoms with E-state index in [1.165, 1.54) is 0 Å². The Morgan fingerprint density at radius 2 is 1.47 bits per heavy atom. The van der Waals surface area contributed by atoms with Crippen LogP contribution in [-0.4, -0.2) is 18.9 Å². The molecule has 5 nitrogen and oxygen atoms in total. The van der Waals surface area contributed by atoms with Crippen molar-refractivity contribution in [2.24, 2.45) is 0 Å². The Morgan fingerprint density at radius 1 is 0.833 bits per heavy atom. The molecular formula is C24H19ClN2O3. The molecule has 0 bridgehead atoms. The number of hydrogen-bond donors (Lipinski definition) is 1. The molecule has 0 atom stereocenters. The lowest BCUT2D eigenvalue weighted by Gasteiger charge is -2.15. The van der Waals surface area contributed by atoms with Crippen LogP contribution in [-0.2, 0) is 9.59 Å². The van der Waals surface area contributed by atoms with Crippen molar-refractivity contribution in [1.82, 2.24) is 0 Å². The fourth-order valence-electron chi connectivity index (χ4n) is 3.28. The number of carbonyl (C=O) groups excluding carboxylic acids is 2. The molecule has 30 heavy (non-hydrogen) atoms. The van der Waals surface area contributed by atoms with Crippen LogP contribution in [0.1, 0.15) is 11.1 Å². The maximum absolute atomic E-state index is 13.4. The Bertz CT molecular complexity index is 1130. The van der Waals surface area contributed by atoms with Gasteiger partial charge in [-0.1, -0.05) is 41.4 Å². The molecule has 0 aromatic heterocycles. The number of methoxy groups -OCH3 is 1. The maximum Gasteiger partial charge on any atom is 0.282 e. The molecule has 6 heteroatoms. The average Bonchev–Trinajstić information content (AvgIpc) is 3.00. The number of nitrogens with zero attached hydrogens (tertiary/aromatic N) is 1. The number of aryl methyl sites for hydroxylation is 1. The van der Waals surface area contributed by atoms with Gasteiger partial charge in [-0.2, -0.15) is 0 Å². The first-order valence-electron chi connectivity index (χ1n) is 9.34. The first kappa shape index (κ1) is 19.7. The van der Waals surface area contributed by atoms with Crippen molar-refractivity contribution in [3.05, 3.63) is 94.6 Å². The fourth-order valence-corrected chi connectivity index (χ4v) is 3.40. The standard InChI is InChI=1S/C24H19ClN2O3/c1-15-3-9-18(10-4-15)26-22-21(16-5-13-20(30-2)14-6-16)23(28)27(24(22)29)19-11-7-17(25)8-12-19/h3-14,26H,1-2H3. The molecule has 1 aliphatic rings. The quantitative estimate of drug-likeness (QED) is 0.589. The normalized spacial score (nSPS) is 13.8. The van der Waals surface area contributed by atoms with Gasteiger partial charge < -0.3 is 10.1 Å². The lowest BCUT2D eigenvalue weighted by molar-refractivity contribution is -0.120. The van der Waals surface area contributed by atoms with Gasteiger partial charge in [0.25, 0.3) is 11.8 Å². The molecule has 150 valence electrons. The Morgan fingerprint density at radius 3 is 2.07 bits per heavy atom. The van der Waals surface area contributed by atoms with Crippen LogP contribution < -0.4 is 15.0 Å². The van der Waals surface area contributed by atoms with E-state index < -0.39 is 11.8 Å². The topological polar surface area (TPSA) is 58.6 Å². The summed E-state index contributed by atoms with van der Waals surface area (Å²) in [6.07, 6.45) is 0. The highest BCUT2D eigenvalue weighted by molar-refractivity contribution is 6.46. The van der Waals surface area contributed by atoms with E-state index in [2.05, 4.69) is 5.32 Å². The first-order chi connectivity index (χ1) is 14.5. The van der Waals surface area contributed by atoms with Crippen molar-refractivity contribution in [3.8, 4) is 5.75 Å². The van der Waals surface area contributed by atoms with Crippen LogP contribution in [0.15, 0.2) is 78.5 Å². The molecule has 0 saturated heterocycles. The highest BCUT2D eigenvalue weighted by Gasteiger charge is 2.40. The van der Waals surface area contributed by atoms with Crippen molar-refractivity contribution < 1.29 is 14.3 Å². The van der Waals surface area contributed by atoms with E-state index in [9.17, 15) is 9.59 Å². The van der Waals surface area contributed by atoms with E-state index in [0.29, 0.717) is 27.6 Å². The summed E-state index contributed by atoms with van der Waals surface area (Å²) in [5.41, 5.74) is 3.44.